The molecule has 1 fully saturated rings. The molecular formula is C12H20N2O5S. The predicted octanol–water partition coefficient (Wildman–Crippen LogP) is 0.839. The third-order valence-corrected chi connectivity index (χ3v) is 4.40. The van der Waals surface area contributed by atoms with Crippen LogP contribution in [0.5, 0.6) is 0 Å². The lowest BCUT2D eigenvalue weighted by molar-refractivity contribution is -0.143. The van der Waals surface area contributed by atoms with Crippen LogP contribution in [0.2, 0.25) is 0 Å². The van der Waals surface area contributed by atoms with Crippen molar-refractivity contribution in [3.63, 3.8) is 0 Å². The SMILES string of the molecule is CCOC(=O)CN(C)C(=O)N1C(CC)SCC1C(=O)O. The quantitative estimate of drug-likeness (QED) is 0.757. The molecule has 0 aliphatic carbocycles. The van der Waals surface area contributed by atoms with Crippen LogP contribution in [-0.2, 0) is 14.3 Å². The number of amides is 2. The summed E-state index contributed by atoms with van der Waals surface area (Å²) in [7, 11) is 1.47. The van der Waals surface area contributed by atoms with Gasteiger partial charge in [-0.25, -0.2) is 9.59 Å². The van der Waals surface area contributed by atoms with Gasteiger partial charge in [0.25, 0.3) is 0 Å². The molecule has 8 heteroatoms. The molecule has 0 radical (unpaired) electrons. The number of carbonyl (C=O) groups is 3. The van der Waals surface area contributed by atoms with Crippen LogP contribution < -0.4 is 0 Å². The largest absolute Gasteiger partial charge is 0.480 e. The maximum absolute atomic E-state index is 12.3. The van der Waals surface area contributed by atoms with Crippen LogP contribution in [0.1, 0.15) is 20.3 Å². The summed E-state index contributed by atoms with van der Waals surface area (Å²) in [5.41, 5.74) is 0. The molecule has 2 unspecified atom stereocenters. The zero-order valence-electron chi connectivity index (χ0n) is 11.9. The maximum Gasteiger partial charge on any atom is 0.327 e. The van der Waals surface area contributed by atoms with E-state index in [-0.39, 0.29) is 18.5 Å². The van der Waals surface area contributed by atoms with E-state index in [1.54, 1.807) is 6.92 Å². The molecule has 1 saturated heterocycles. The summed E-state index contributed by atoms with van der Waals surface area (Å²) in [5, 5.41) is 9.00. The monoisotopic (exact) mass is 304 g/mol. The summed E-state index contributed by atoms with van der Waals surface area (Å²) in [6.07, 6.45) is 0.660. The molecule has 0 bridgehead atoms. The zero-order valence-corrected chi connectivity index (χ0v) is 12.7. The minimum Gasteiger partial charge on any atom is -0.480 e. The number of carboxylic acids is 1. The predicted molar refractivity (Wildman–Crippen MR) is 74.5 cm³/mol. The van der Waals surface area contributed by atoms with E-state index < -0.39 is 24.0 Å². The van der Waals surface area contributed by atoms with Crippen molar-refractivity contribution in [2.24, 2.45) is 0 Å². The first-order chi connectivity index (χ1) is 9.42. The Morgan fingerprint density at radius 3 is 2.55 bits per heavy atom. The standard InChI is InChI=1S/C12H20N2O5S/c1-4-9-14(8(7-20-9)11(16)17)12(18)13(3)6-10(15)19-5-2/h8-9H,4-7H2,1-3H3,(H,16,17). The first kappa shape index (κ1) is 16.6. The minimum absolute atomic E-state index is 0.173. The van der Waals surface area contributed by atoms with Crippen LogP contribution in [0.3, 0.4) is 0 Å². The number of thioether (sulfide) groups is 1. The number of likely N-dealkylation sites (N-methyl/N-ethyl adjacent to an activating group) is 1. The smallest absolute Gasteiger partial charge is 0.327 e. The van der Waals surface area contributed by atoms with Crippen LogP contribution in [0, 0.1) is 0 Å². The van der Waals surface area contributed by atoms with E-state index in [4.69, 9.17) is 4.74 Å². The van der Waals surface area contributed by atoms with Gasteiger partial charge in [-0.15, -0.1) is 11.8 Å². The molecule has 0 spiro atoms. The molecule has 1 rings (SSSR count). The Hall–Kier alpha value is -1.44. The van der Waals surface area contributed by atoms with E-state index in [9.17, 15) is 19.5 Å². The highest BCUT2D eigenvalue weighted by Gasteiger charge is 2.42. The molecule has 2 amide bonds. The Balaban J connectivity index is 2.75. The average Bonchev–Trinajstić information content (AvgIpc) is 2.81. The van der Waals surface area contributed by atoms with E-state index in [2.05, 4.69) is 0 Å². The molecule has 2 atom stereocenters. The van der Waals surface area contributed by atoms with Crippen molar-refractivity contribution in [3.05, 3.63) is 0 Å². The first-order valence-electron chi connectivity index (χ1n) is 6.45. The van der Waals surface area contributed by atoms with Gasteiger partial charge in [0.2, 0.25) is 0 Å². The van der Waals surface area contributed by atoms with Crippen molar-refractivity contribution in [2.75, 3.05) is 26.0 Å². The third kappa shape index (κ3) is 3.78. The topological polar surface area (TPSA) is 87.2 Å². The van der Waals surface area contributed by atoms with Gasteiger partial charge in [-0.2, -0.15) is 0 Å². The Morgan fingerprint density at radius 2 is 2.05 bits per heavy atom. The number of hydrogen-bond acceptors (Lipinski definition) is 5. The lowest BCUT2D eigenvalue weighted by Gasteiger charge is -2.30. The Morgan fingerprint density at radius 1 is 1.40 bits per heavy atom. The molecule has 1 heterocycles. The molecule has 1 aliphatic heterocycles. The highest BCUT2D eigenvalue weighted by molar-refractivity contribution is 8.00. The Bertz CT molecular complexity index is 390. The minimum atomic E-state index is -1.02. The van der Waals surface area contributed by atoms with Crippen molar-refractivity contribution in [1.82, 2.24) is 9.80 Å². The summed E-state index contributed by atoms with van der Waals surface area (Å²) in [5.74, 6) is -1.16. The number of hydrogen-bond donors (Lipinski definition) is 1. The summed E-state index contributed by atoms with van der Waals surface area (Å²) in [4.78, 5) is 37.5. The second kappa shape index (κ2) is 7.37. The van der Waals surface area contributed by atoms with Crippen molar-refractivity contribution < 1.29 is 24.2 Å². The maximum atomic E-state index is 12.3. The van der Waals surface area contributed by atoms with Gasteiger partial charge in [-0.3, -0.25) is 9.69 Å². The second-order valence-corrected chi connectivity index (χ2v) is 5.61. The van der Waals surface area contributed by atoms with E-state index >= 15 is 0 Å². The van der Waals surface area contributed by atoms with Crippen LogP contribution in [-0.4, -0.2) is 70.2 Å². The third-order valence-electron chi connectivity index (χ3n) is 2.95. The van der Waals surface area contributed by atoms with Gasteiger partial charge in [0.05, 0.1) is 12.0 Å². The molecule has 114 valence electrons. The molecule has 0 aromatic heterocycles. The second-order valence-electron chi connectivity index (χ2n) is 4.40. The van der Waals surface area contributed by atoms with Crippen LogP contribution in [0.4, 0.5) is 4.79 Å². The van der Waals surface area contributed by atoms with Gasteiger partial charge in [0.15, 0.2) is 0 Å². The highest BCUT2D eigenvalue weighted by Crippen LogP contribution is 2.32. The van der Waals surface area contributed by atoms with Crippen molar-refractivity contribution in [1.29, 1.82) is 0 Å². The zero-order chi connectivity index (χ0) is 15.3. The van der Waals surface area contributed by atoms with E-state index in [1.165, 1.54) is 28.6 Å². The molecule has 20 heavy (non-hydrogen) atoms. The molecule has 0 saturated carbocycles. The Kier molecular flexibility index (Phi) is 6.12. The van der Waals surface area contributed by atoms with Crippen molar-refractivity contribution in [2.45, 2.75) is 31.7 Å². The fourth-order valence-electron chi connectivity index (χ4n) is 1.99. The molecule has 7 nitrogen and oxygen atoms in total. The normalized spacial score (nSPS) is 21.6. The average molecular weight is 304 g/mol. The van der Waals surface area contributed by atoms with Crippen LogP contribution in [0.25, 0.3) is 0 Å². The fourth-order valence-corrected chi connectivity index (χ4v) is 3.33. The van der Waals surface area contributed by atoms with Crippen LogP contribution in [0.15, 0.2) is 0 Å². The van der Waals surface area contributed by atoms with Gasteiger partial charge in [-0.05, 0) is 13.3 Å². The van der Waals surface area contributed by atoms with Gasteiger partial charge in [-0.1, -0.05) is 6.92 Å². The number of esters is 1. The number of rotatable bonds is 5. The van der Waals surface area contributed by atoms with E-state index in [1.807, 2.05) is 6.92 Å². The van der Waals surface area contributed by atoms with Crippen molar-refractivity contribution in [3.8, 4) is 0 Å². The summed E-state index contributed by atoms with van der Waals surface area (Å²) in [6, 6.07) is -1.30. The van der Waals surface area contributed by atoms with E-state index in [0.717, 1.165) is 0 Å². The van der Waals surface area contributed by atoms with Gasteiger partial charge < -0.3 is 14.7 Å². The summed E-state index contributed by atoms with van der Waals surface area (Å²) >= 11 is 1.44. The van der Waals surface area contributed by atoms with Gasteiger partial charge >= 0.3 is 18.0 Å². The number of ether oxygens (including phenoxy) is 1. The highest BCUT2D eigenvalue weighted by atomic mass is 32.2. The number of carbonyl (C=O) groups excluding carboxylic acids is 2. The van der Waals surface area contributed by atoms with E-state index in [0.29, 0.717) is 12.2 Å². The number of urea groups is 1. The number of aliphatic carboxylic acids is 1. The molecule has 0 aromatic carbocycles. The summed E-state index contributed by atoms with van der Waals surface area (Å²) in [6.45, 7) is 3.64. The summed E-state index contributed by atoms with van der Waals surface area (Å²) < 4.78 is 4.78. The number of nitrogens with zero attached hydrogens (tertiary/aromatic N) is 2. The van der Waals surface area contributed by atoms with Crippen molar-refractivity contribution >= 4 is 29.7 Å². The van der Waals surface area contributed by atoms with Gasteiger partial charge in [0.1, 0.15) is 12.6 Å². The molecule has 1 N–H and O–H groups in total. The molecule has 1 aliphatic rings. The molecular weight excluding hydrogens is 284 g/mol. The lowest BCUT2D eigenvalue weighted by atomic mass is 10.2. The number of carboxylic acid groups (broad SMARTS) is 1. The lowest BCUT2D eigenvalue weighted by Crippen LogP contribution is -2.51. The fraction of sp³-hybridized carbons (Fsp3) is 0.750. The van der Waals surface area contributed by atoms with Gasteiger partial charge in [0, 0.05) is 12.8 Å². The Labute approximate surface area is 122 Å². The van der Waals surface area contributed by atoms with Crippen LogP contribution >= 0.6 is 11.8 Å². The molecule has 0 aromatic rings. The first-order valence-corrected chi connectivity index (χ1v) is 7.50.